The Hall–Kier alpha value is -0.690. The number of thiocarbonyl (C=S) groups is 1. The zero-order chi connectivity index (χ0) is 8.27. The van der Waals surface area contributed by atoms with Crippen molar-refractivity contribution in [3.05, 3.63) is 0 Å². The standard InChI is InChI=1S/C4H5N3O2S2/c8-2(9)1-11-4-5-3(10)6-7-4/h4H,1H2,(H,5,10)(H,8,9). The molecule has 1 rings (SSSR count). The number of hydrogen-bond acceptors (Lipinski definition) is 4. The predicted molar refractivity (Wildman–Crippen MR) is 44.5 cm³/mol. The lowest BCUT2D eigenvalue weighted by Gasteiger charge is -2.02. The molecule has 1 atom stereocenters. The van der Waals surface area contributed by atoms with Gasteiger partial charge in [0.05, 0.1) is 5.75 Å². The summed E-state index contributed by atoms with van der Waals surface area (Å²) in [6.45, 7) is 0. The van der Waals surface area contributed by atoms with Crippen LogP contribution in [0.4, 0.5) is 0 Å². The molecule has 2 N–H and O–H groups in total. The van der Waals surface area contributed by atoms with E-state index < -0.39 is 5.97 Å². The highest BCUT2D eigenvalue weighted by Gasteiger charge is 2.15. The summed E-state index contributed by atoms with van der Waals surface area (Å²) in [5.41, 5.74) is -0.321. The minimum atomic E-state index is -0.871. The van der Waals surface area contributed by atoms with Gasteiger partial charge < -0.3 is 10.4 Å². The van der Waals surface area contributed by atoms with Crippen LogP contribution in [0.5, 0.6) is 0 Å². The zero-order valence-corrected chi connectivity index (χ0v) is 6.98. The molecular weight excluding hydrogens is 186 g/mol. The zero-order valence-electron chi connectivity index (χ0n) is 5.35. The molecule has 0 spiro atoms. The van der Waals surface area contributed by atoms with Gasteiger partial charge in [0.15, 0.2) is 5.50 Å². The van der Waals surface area contributed by atoms with Gasteiger partial charge in [-0.3, -0.25) is 4.79 Å². The summed E-state index contributed by atoms with van der Waals surface area (Å²) >= 11 is 5.78. The number of carboxylic acid groups (broad SMARTS) is 1. The smallest absolute Gasteiger partial charge is 0.313 e. The van der Waals surface area contributed by atoms with Gasteiger partial charge in [0.1, 0.15) is 0 Å². The first-order valence-electron chi connectivity index (χ1n) is 2.73. The summed E-state index contributed by atoms with van der Waals surface area (Å²) in [4.78, 5) is 10.1. The SMILES string of the molecule is O=C(O)CSC1N=NC(=S)N1. The van der Waals surface area contributed by atoms with Crippen molar-refractivity contribution in [2.45, 2.75) is 5.50 Å². The second-order valence-corrected chi connectivity index (χ2v) is 3.18. The third kappa shape index (κ3) is 2.81. The number of thioether (sulfide) groups is 1. The number of carbonyl (C=O) groups is 1. The number of hydrogen-bond donors (Lipinski definition) is 2. The highest BCUT2D eigenvalue weighted by Crippen LogP contribution is 2.13. The Kier molecular flexibility index (Phi) is 2.77. The molecule has 1 aliphatic rings. The van der Waals surface area contributed by atoms with Gasteiger partial charge in [-0.25, -0.2) is 0 Å². The Morgan fingerprint density at radius 1 is 1.91 bits per heavy atom. The highest BCUT2D eigenvalue weighted by molar-refractivity contribution is 8.00. The van der Waals surface area contributed by atoms with Gasteiger partial charge in [-0.15, -0.1) is 22.0 Å². The Morgan fingerprint density at radius 3 is 3.09 bits per heavy atom. The van der Waals surface area contributed by atoms with Crippen LogP contribution < -0.4 is 5.32 Å². The molecule has 0 fully saturated rings. The lowest BCUT2D eigenvalue weighted by atomic mass is 10.8. The molecule has 0 aromatic carbocycles. The van der Waals surface area contributed by atoms with Crippen LogP contribution in [-0.4, -0.2) is 27.4 Å². The van der Waals surface area contributed by atoms with Crippen LogP contribution in [-0.2, 0) is 4.79 Å². The van der Waals surface area contributed by atoms with Crippen LogP contribution >= 0.6 is 24.0 Å². The Balaban J connectivity index is 2.24. The molecule has 60 valence electrons. The summed E-state index contributed by atoms with van der Waals surface area (Å²) < 4.78 is 0. The topological polar surface area (TPSA) is 74.0 Å². The molecule has 0 radical (unpaired) electrons. The monoisotopic (exact) mass is 191 g/mol. The van der Waals surface area contributed by atoms with Crippen molar-refractivity contribution in [3.63, 3.8) is 0 Å². The van der Waals surface area contributed by atoms with E-state index in [4.69, 9.17) is 5.11 Å². The molecule has 11 heavy (non-hydrogen) atoms. The maximum Gasteiger partial charge on any atom is 0.313 e. The number of rotatable bonds is 3. The quantitative estimate of drug-likeness (QED) is 0.633. The van der Waals surface area contributed by atoms with Crippen LogP contribution in [0.15, 0.2) is 10.2 Å². The molecule has 1 unspecified atom stereocenters. The van der Waals surface area contributed by atoms with Crippen molar-refractivity contribution < 1.29 is 9.90 Å². The van der Waals surface area contributed by atoms with Crippen molar-refractivity contribution in [2.24, 2.45) is 10.2 Å². The van der Waals surface area contributed by atoms with E-state index in [1.807, 2.05) is 0 Å². The van der Waals surface area contributed by atoms with E-state index in [0.29, 0.717) is 5.11 Å². The van der Waals surface area contributed by atoms with E-state index in [0.717, 1.165) is 11.8 Å². The summed E-state index contributed by atoms with van der Waals surface area (Å²) in [6, 6.07) is 0. The van der Waals surface area contributed by atoms with E-state index >= 15 is 0 Å². The first-order valence-corrected chi connectivity index (χ1v) is 4.19. The summed E-state index contributed by atoms with van der Waals surface area (Å²) in [5, 5.41) is 18.5. The van der Waals surface area contributed by atoms with Crippen LogP contribution in [0.3, 0.4) is 0 Å². The van der Waals surface area contributed by atoms with Gasteiger partial charge in [0.25, 0.3) is 0 Å². The maximum absolute atomic E-state index is 10.1. The molecule has 0 saturated heterocycles. The van der Waals surface area contributed by atoms with Gasteiger partial charge in [0, 0.05) is 0 Å². The second kappa shape index (κ2) is 3.63. The van der Waals surface area contributed by atoms with E-state index in [2.05, 4.69) is 27.8 Å². The van der Waals surface area contributed by atoms with Gasteiger partial charge in [-0.05, 0) is 12.2 Å². The highest BCUT2D eigenvalue weighted by atomic mass is 32.2. The largest absolute Gasteiger partial charge is 0.481 e. The minimum Gasteiger partial charge on any atom is -0.481 e. The molecule has 0 aromatic heterocycles. The Bertz CT molecular complexity index is 217. The number of azo groups is 1. The molecule has 7 heteroatoms. The van der Waals surface area contributed by atoms with Crippen molar-refractivity contribution in [1.29, 1.82) is 0 Å². The molecule has 0 saturated carbocycles. The fraction of sp³-hybridized carbons (Fsp3) is 0.500. The van der Waals surface area contributed by atoms with Gasteiger partial charge in [0.2, 0.25) is 5.11 Å². The number of carboxylic acids is 1. The molecule has 1 aliphatic heterocycles. The molecule has 5 nitrogen and oxygen atoms in total. The maximum atomic E-state index is 10.1. The van der Waals surface area contributed by atoms with E-state index in [1.165, 1.54) is 0 Å². The van der Waals surface area contributed by atoms with E-state index in [-0.39, 0.29) is 11.3 Å². The number of aliphatic carboxylic acids is 1. The molecule has 0 amide bonds. The van der Waals surface area contributed by atoms with Crippen LogP contribution in [0.1, 0.15) is 0 Å². The van der Waals surface area contributed by atoms with Gasteiger partial charge in [-0.2, -0.15) is 0 Å². The number of nitrogens with one attached hydrogen (secondary N) is 1. The molecule has 0 aromatic rings. The predicted octanol–water partition coefficient (Wildman–Crippen LogP) is 0.428. The fourth-order valence-electron chi connectivity index (χ4n) is 0.493. The normalized spacial score (nSPS) is 21.8. The summed E-state index contributed by atoms with van der Waals surface area (Å²) in [6.07, 6.45) is 0. The molecule has 0 aliphatic carbocycles. The average molecular weight is 191 g/mol. The van der Waals surface area contributed by atoms with Crippen LogP contribution in [0.25, 0.3) is 0 Å². The minimum absolute atomic E-state index is 0.000694. The number of nitrogens with zero attached hydrogens (tertiary/aromatic N) is 2. The van der Waals surface area contributed by atoms with Crippen LogP contribution in [0.2, 0.25) is 0 Å². The molecular formula is C4H5N3O2S2. The summed E-state index contributed by atoms with van der Waals surface area (Å²) in [5.74, 6) is -0.871. The Labute approximate surface area is 72.3 Å². The fourth-order valence-corrected chi connectivity index (χ4v) is 1.34. The van der Waals surface area contributed by atoms with Gasteiger partial charge >= 0.3 is 5.97 Å². The lowest BCUT2D eigenvalue weighted by Crippen LogP contribution is -2.23. The van der Waals surface area contributed by atoms with Crippen molar-refractivity contribution in [2.75, 3.05) is 5.75 Å². The van der Waals surface area contributed by atoms with Crippen molar-refractivity contribution in [3.8, 4) is 0 Å². The van der Waals surface area contributed by atoms with E-state index in [1.54, 1.807) is 0 Å². The van der Waals surface area contributed by atoms with Crippen molar-refractivity contribution in [1.82, 2.24) is 5.32 Å². The average Bonchev–Trinajstić information content (AvgIpc) is 2.31. The van der Waals surface area contributed by atoms with Gasteiger partial charge in [-0.1, -0.05) is 0 Å². The first-order chi connectivity index (χ1) is 5.18. The summed E-state index contributed by atoms with van der Waals surface area (Å²) in [7, 11) is 0. The Morgan fingerprint density at radius 2 is 2.64 bits per heavy atom. The third-order valence-electron chi connectivity index (χ3n) is 0.865. The second-order valence-electron chi connectivity index (χ2n) is 1.72. The molecule has 0 bridgehead atoms. The lowest BCUT2D eigenvalue weighted by molar-refractivity contribution is -0.133. The van der Waals surface area contributed by atoms with E-state index in [9.17, 15) is 4.79 Å². The van der Waals surface area contributed by atoms with Crippen molar-refractivity contribution >= 4 is 35.1 Å². The third-order valence-corrected chi connectivity index (χ3v) is 2.01. The molecule has 1 heterocycles. The van der Waals surface area contributed by atoms with Crippen LogP contribution in [0, 0.1) is 0 Å². The first kappa shape index (κ1) is 8.41.